The molecule has 0 radical (unpaired) electrons. The lowest BCUT2D eigenvalue weighted by atomic mass is 9.72. The molecule has 80 valence electrons. The molecule has 1 nitrogen and oxygen atoms in total. The van der Waals surface area contributed by atoms with Gasteiger partial charge >= 0.3 is 0 Å². The first-order valence-electron chi connectivity index (χ1n) is 5.93. The Labute approximate surface area is 84.3 Å². The van der Waals surface area contributed by atoms with Crippen molar-refractivity contribution in [3.05, 3.63) is 0 Å². The van der Waals surface area contributed by atoms with Gasteiger partial charge in [0.25, 0.3) is 0 Å². The average molecular weight is 185 g/mol. The van der Waals surface area contributed by atoms with Crippen molar-refractivity contribution in [2.75, 3.05) is 13.1 Å². The van der Waals surface area contributed by atoms with Crippen LogP contribution < -0.4 is 5.32 Å². The molecule has 1 unspecified atom stereocenters. The molecular weight excluding hydrogens is 158 g/mol. The largest absolute Gasteiger partial charge is 0.316 e. The van der Waals surface area contributed by atoms with E-state index in [9.17, 15) is 0 Å². The lowest BCUT2D eigenvalue weighted by Crippen LogP contribution is -2.27. The topological polar surface area (TPSA) is 12.0 Å². The molecule has 1 atom stereocenters. The van der Waals surface area contributed by atoms with Gasteiger partial charge in [0.1, 0.15) is 0 Å². The van der Waals surface area contributed by atoms with Gasteiger partial charge < -0.3 is 5.32 Å². The molecule has 1 aliphatic rings. The summed E-state index contributed by atoms with van der Waals surface area (Å²) in [5.74, 6) is 0.928. The van der Waals surface area contributed by atoms with E-state index in [2.05, 4.69) is 26.1 Å². The van der Waals surface area contributed by atoms with Gasteiger partial charge in [0, 0.05) is 0 Å². The van der Waals surface area contributed by atoms with E-state index in [-0.39, 0.29) is 0 Å². The lowest BCUT2D eigenvalue weighted by Gasteiger charge is -2.33. The highest BCUT2D eigenvalue weighted by Gasteiger charge is 2.32. The van der Waals surface area contributed by atoms with E-state index >= 15 is 0 Å². The molecule has 13 heavy (non-hydrogen) atoms. The van der Waals surface area contributed by atoms with Gasteiger partial charge in [-0.1, -0.05) is 47.5 Å². The van der Waals surface area contributed by atoms with Gasteiger partial charge in [0.15, 0.2) is 0 Å². The second kappa shape index (κ2) is 6.42. The van der Waals surface area contributed by atoms with Crippen LogP contribution >= 0.6 is 0 Å². The molecule has 0 aliphatic carbocycles. The summed E-state index contributed by atoms with van der Waals surface area (Å²) in [5.41, 5.74) is 0.601. The van der Waals surface area contributed by atoms with Crippen molar-refractivity contribution in [2.45, 2.75) is 53.9 Å². The predicted octanol–water partition coefficient (Wildman–Crippen LogP) is 3.45. The zero-order valence-electron chi connectivity index (χ0n) is 10.1. The first-order chi connectivity index (χ1) is 6.23. The lowest BCUT2D eigenvalue weighted by molar-refractivity contribution is 0.184. The normalized spacial score (nSPS) is 22.4. The Bertz CT molecular complexity index is 110. The van der Waals surface area contributed by atoms with E-state index in [0.717, 1.165) is 5.92 Å². The van der Waals surface area contributed by atoms with Crippen molar-refractivity contribution in [1.29, 1.82) is 0 Å². The molecule has 1 aliphatic heterocycles. The summed E-state index contributed by atoms with van der Waals surface area (Å²) in [4.78, 5) is 0. The number of hydrogen-bond donors (Lipinski definition) is 1. The highest BCUT2D eigenvalue weighted by atomic mass is 14.9. The van der Waals surface area contributed by atoms with Gasteiger partial charge in [0.2, 0.25) is 0 Å². The Morgan fingerprint density at radius 2 is 1.77 bits per heavy atom. The van der Waals surface area contributed by atoms with Crippen LogP contribution in [0.3, 0.4) is 0 Å². The maximum absolute atomic E-state index is 3.45. The first kappa shape index (κ1) is 13.0. The molecule has 1 heterocycles. The highest BCUT2D eigenvalue weighted by molar-refractivity contribution is 4.85. The van der Waals surface area contributed by atoms with Crippen LogP contribution in [0.4, 0.5) is 0 Å². The fourth-order valence-corrected chi connectivity index (χ4v) is 2.08. The zero-order chi connectivity index (χ0) is 10.3. The van der Waals surface area contributed by atoms with Crippen LogP contribution in [0.5, 0.6) is 0 Å². The van der Waals surface area contributed by atoms with E-state index in [0.29, 0.717) is 5.41 Å². The van der Waals surface area contributed by atoms with Crippen molar-refractivity contribution in [3.8, 4) is 0 Å². The minimum absolute atomic E-state index is 0.601. The number of hydrogen-bond acceptors (Lipinski definition) is 1. The summed E-state index contributed by atoms with van der Waals surface area (Å²) >= 11 is 0. The Kier molecular flexibility index (Phi) is 6.40. The van der Waals surface area contributed by atoms with Crippen molar-refractivity contribution in [3.63, 3.8) is 0 Å². The molecule has 0 amide bonds. The third-order valence-electron chi connectivity index (χ3n) is 3.66. The molecule has 1 rings (SSSR count). The fourth-order valence-electron chi connectivity index (χ4n) is 2.08. The molecule has 0 spiro atoms. The molecule has 1 fully saturated rings. The summed E-state index contributed by atoms with van der Waals surface area (Å²) in [6, 6.07) is 0. The highest BCUT2D eigenvalue weighted by Crippen LogP contribution is 2.37. The fraction of sp³-hybridized carbons (Fsp3) is 1.00. The summed E-state index contributed by atoms with van der Waals surface area (Å²) in [7, 11) is 0. The Morgan fingerprint density at radius 3 is 2.08 bits per heavy atom. The van der Waals surface area contributed by atoms with Crippen molar-refractivity contribution >= 4 is 0 Å². The van der Waals surface area contributed by atoms with Gasteiger partial charge in [-0.05, 0) is 30.8 Å². The molecule has 0 aromatic carbocycles. The first-order valence-corrected chi connectivity index (χ1v) is 5.93. The summed E-state index contributed by atoms with van der Waals surface area (Å²) in [6.07, 6.45) is 4.05. The number of rotatable bonds is 3. The van der Waals surface area contributed by atoms with E-state index in [1.165, 1.54) is 32.4 Å². The van der Waals surface area contributed by atoms with E-state index in [1.54, 1.807) is 0 Å². The van der Waals surface area contributed by atoms with Crippen LogP contribution in [-0.4, -0.2) is 13.1 Å². The van der Waals surface area contributed by atoms with Crippen LogP contribution in [0.1, 0.15) is 53.9 Å². The SMILES string of the molecule is CC.CCC(C)(CC)C1CCNC1. The standard InChI is InChI=1S/C10H21N.C2H6/c1-4-10(3,5-2)9-6-7-11-8-9;1-2/h9,11H,4-8H2,1-3H3;1-2H3. The van der Waals surface area contributed by atoms with Gasteiger partial charge in [0.05, 0.1) is 0 Å². The minimum atomic E-state index is 0.601. The zero-order valence-corrected chi connectivity index (χ0v) is 10.1. The van der Waals surface area contributed by atoms with Crippen LogP contribution in [0.2, 0.25) is 0 Å². The van der Waals surface area contributed by atoms with Gasteiger partial charge in [-0.3, -0.25) is 0 Å². The minimum Gasteiger partial charge on any atom is -0.316 e. The maximum Gasteiger partial charge on any atom is -0.00148 e. The van der Waals surface area contributed by atoms with Crippen LogP contribution in [0.25, 0.3) is 0 Å². The van der Waals surface area contributed by atoms with E-state index in [4.69, 9.17) is 0 Å². The molecule has 1 saturated heterocycles. The Morgan fingerprint density at radius 1 is 1.23 bits per heavy atom. The second-order valence-corrected chi connectivity index (χ2v) is 4.05. The van der Waals surface area contributed by atoms with Crippen LogP contribution in [0, 0.1) is 11.3 Å². The smallest absolute Gasteiger partial charge is 0.00148 e. The molecule has 0 aromatic heterocycles. The predicted molar refractivity (Wildman–Crippen MR) is 61.0 cm³/mol. The quantitative estimate of drug-likeness (QED) is 0.710. The molecule has 0 bridgehead atoms. The van der Waals surface area contributed by atoms with E-state index in [1.807, 2.05) is 13.8 Å². The molecule has 0 aromatic rings. The molecule has 1 heteroatoms. The van der Waals surface area contributed by atoms with Gasteiger partial charge in [-0.15, -0.1) is 0 Å². The van der Waals surface area contributed by atoms with Crippen LogP contribution in [0.15, 0.2) is 0 Å². The molecular formula is C12H27N. The monoisotopic (exact) mass is 185 g/mol. The summed E-state index contributed by atoms with van der Waals surface area (Å²) in [6.45, 7) is 13.6. The van der Waals surface area contributed by atoms with Crippen LogP contribution in [-0.2, 0) is 0 Å². The molecule has 1 N–H and O–H groups in total. The van der Waals surface area contributed by atoms with Crippen molar-refractivity contribution < 1.29 is 0 Å². The van der Waals surface area contributed by atoms with Gasteiger partial charge in [-0.2, -0.15) is 0 Å². The average Bonchev–Trinajstić information content (AvgIpc) is 2.73. The van der Waals surface area contributed by atoms with Crippen molar-refractivity contribution in [2.24, 2.45) is 11.3 Å². The number of nitrogens with one attached hydrogen (secondary N) is 1. The summed E-state index contributed by atoms with van der Waals surface area (Å²) in [5, 5.41) is 3.45. The Balaban J connectivity index is 0.000000671. The van der Waals surface area contributed by atoms with Crippen molar-refractivity contribution in [1.82, 2.24) is 5.32 Å². The van der Waals surface area contributed by atoms with Gasteiger partial charge in [-0.25, -0.2) is 0 Å². The second-order valence-electron chi connectivity index (χ2n) is 4.05. The third-order valence-corrected chi connectivity index (χ3v) is 3.66. The van der Waals surface area contributed by atoms with E-state index < -0.39 is 0 Å². The maximum atomic E-state index is 3.45. The third kappa shape index (κ3) is 3.30. The summed E-state index contributed by atoms with van der Waals surface area (Å²) < 4.78 is 0. The Hall–Kier alpha value is -0.0400. The molecule has 0 saturated carbocycles.